The van der Waals surface area contributed by atoms with E-state index < -0.39 is 17.2 Å². The average molecular weight is 517 g/mol. The van der Waals surface area contributed by atoms with E-state index in [1.165, 1.54) is 17.4 Å². The van der Waals surface area contributed by atoms with Gasteiger partial charge in [-0.2, -0.15) is 0 Å². The summed E-state index contributed by atoms with van der Waals surface area (Å²) in [5.41, 5.74) is 0.496. The van der Waals surface area contributed by atoms with E-state index in [2.05, 4.69) is 18.7 Å². The van der Waals surface area contributed by atoms with Crippen LogP contribution in [-0.2, 0) is 11.2 Å². The highest BCUT2D eigenvalue weighted by Crippen LogP contribution is 2.34. The Morgan fingerprint density at radius 3 is 2.69 bits per heavy atom. The van der Waals surface area contributed by atoms with Crippen molar-refractivity contribution in [3.8, 4) is 0 Å². The van der Waals surface area contributed by atoms with Gasteiger partial charge < -0.3 is 9.64 Å². The molecule has 10 heteroatoms. The van der Waals surface area contributed by atoms with Crippen LogP contribution in [0.25, 0.3) is 21.9 Å². The number of allylic oxidation sites excluding steroid dienone is 3. The smallest absolute Gasteiger partial charge is 0.345 e. The second-order valence-electron chi connectivity index (χ2n) is 8.89. The summed E-state index contributed by atoms with van der Waals surface area (Å²) >= 11 is 7.54. The van der Waals surface area contributed by atoms with Crippen LogP contribution in [0.5, 0.6) is 0 Å². The van der Waals surface area contributed by atoms with Crippen LogP contribution < -0.4 is 10.3 Å². The normalized spacial score (nSPS) is 16.6. The van der Waals surface area contributed by atoms with E-state index in [0.29, 0.717) is 41.1 Å². The molecule has 0 N–H and O–H groups in total. The highest BCUT2D eigenvalue weighted by atomic mass is 35.5. The predicted octanol–water partition coefficient (Wildman–Crippen LogP) is 4.45. The maximum Gasteiger partial charge on any atom is 0.345 e. The molecule has 0 saturated carbocycles. The Hall–Kier alpha value is -2.75. The van der Waals surface area contributed by atoms with Crippen LogP contribution in [0.1, 0.15) is 41.7 Å². The predicted molar refractivity (Wildman–Crippen MR) is 138 cm³/mol. The summed E-state index contributed by atoms with van der Waals surface area (Å²) in [4.78, 5) is 36.6. The number of esters is 1. The zero-order valence-corrected chi connectivity index (χ0v) is 21.4. The molecule has 35 heavy (non-hydrogen) atoms. The Morgan fingerprint density at radius 2 is 2.00 bits per heavy atom. The number of pyridine rings is 2. The minimum Gasteiger partial charge on any atom is -0.462 e. The molecule has 2 aliphatic rings. The Balaban J connectivity index is 1.75. The molecule has 0 spiro atoms. The fourth-order valence-electron chi connectivity index (χ4n) is 4.66. The maximum atomic E-state index is 15.4. The molecule has 3 aromatic heterocycles. The molecule has 1 saturated heterocycles. The van der Waals surface area contributed by atoms with Gasteiger partial charge in [0.25, 0.3) is 0 Å². The fourth-order valence-corrected chi connectivity index (χ4v) is 6.01. The fraction of sp³-hybridized carbons (Fsp3) is 0.400. The number of hydrogen-bond donors (Lipinski definition) is 0. The Kier molecular flexibility index (Phi) is 6.41. The third kappa shape index (κ3) is 4.15. The van der Waals surface area contributed by atoms with Crippen molar-refractivity contribution in [3.05, 3.63) is 55.4 Å². The van der Waals surface area contributed by atoms with Crippen LogP contribution >= 0.6 is 22.9 Å². The zero-order chi connectivity index (χ0) is 24.9. The minimum absolute atomic E-state index is 0.0523. The minimum atomic E-state index is -0.722. The molecule has 5 rings (SSSR count). The number of aromatic nitrogens is 2. The number of piperazine rings is 1. The van der Waals surface area contributed by atoms with Crippen molar-refractivity contribution in [1.82, 2.24) is 14.3 Å². The Labute approximate surface area is 211 Å². The van der Waals surface area contributed by atoms with Crippen LogP contribution in [0.3, 0.4) is 0 Å². The number of ether oxygens (including phenoxy) is 1. The van der Waals surface area contributed by atoms with E-state index >= 15 is 4.39 Å². The largest absolute Gasteiger partial charge is 0.462 e. The molecule has 0 atom stereocenters. The average Bonchev–Trinajstić information content (AvgIpc) is 3.09. The number of anilines is 1. The monoisotopic (exact) mass is 516 g/mol. The van der Waals surface area contributed by atoms with Gasteiger partial charge in [-0.15, -0.1) is 11.3 Å². The molecule has 0 aromatic carbocycles. The lowest BCUT2D eigenvalue weighted by Crippen LogP contribution is -2.49. The second kappa shape index (κ2) is 9.37. The molecular weight excluding hydrogens is 491 g/mol. The first kappa shape index (κ1) is 24.0. The molecule has 1 fully saturated rings. The lowest BCUT2D eigenvalue weighted by Gasteiger charge is -2.37. The number of halogens is 2. The summed E-state index contributed by atoms with van der Waals surface area (Å²) in [6.45, 7) is 8.97. The number of rotatable bonds is 4. The first-order chi connectivity index (χ1) is 16.8. The van der Waals surface area contributed by atoms with Crippen molar-refractivity contribution in [2.75, 3.05) is 37.7 Å². The van der Waals surface area contributed by atoms with Gasteiger partial charge in [0.1, 0.15) is 10.4 Å². The van der Waals surface area contributed by atoms with Gasteiger partial charge in [0.05, 0.1) is 12.0 Å². The van der Waals surface area contributed by atoms with Crippen LogP contribution in [0.4, 0.5) is 10.2 Å². The van der Waals surface area contributed by atoms with E-state index in [1.807, 2.05) is 17.1 Å². The SMILES string of the molecule is CCOC(=O)c1c(=O)c2cc(F)c(N3CCN(C(C)C)CC3)nc2n2c3c(sc12)C=CC(Cl)=CC3. The lowest BCUT2D eigenvalue weighted by molar-refractivity contribution is 0.0527. The lowest BCUT2D eigenvalue weighted by atomic mass is 10.1. The molecule has 7 nitrogen and oxygen atoms in total. The molecule has 0 unspecified atom stereocenters. The summed E-state index contributed by atoms with van der Waals surface area (Å²) in [5, 5.41) is 0.650. The first-order valence-corrected chi connectivity index (χ1v) is 12.9. The van der Waals surface area contributed by atoms with Gasteiger partial charge in [0, 0.05) is 54.2 Å². The molecule has 0 radical (unpaired) electrons. The van der Waals surface area contributed by atoms with E-state index in [9.17, 15) is 9.59 Å². The molecule has 0 amide bonds. The highest BCUT2D eigenvalue weighted by Gasteiger charge is 2.28. The van der Waals surface area contributed by atoms with E-state index in [0.717, 1.165) is 23.7 Å². The van der Waals surface area contributed by atoms with Crippen molar-refractivity contribution >= 4 is 56.7 Å². The number of nitrogens with zero attached hydrogens (tertiary/aromatic N) is 4. The summed E-state index contributed by atoms with van der Waals surface area (Å²) in [6, 6.07) is 1.63. The topological polar surface area (TPSA) is 67.2 Å². The van der Waals surface area contributed by atoms with Crippen molar-refractivity contribution in [3.63, 3.8) is 0 Å². The van der Waals surface area contributed by atoms with E-state index in [4.69, 9.17) is 21.3 Å². The second-order valence-corrected chi connectivity index (χ2v) is 10.4. The standard InChI is InChI=1S/C25H26ClFN4O3S/c1-4-34-25(33)20-21(32)16-13-17(27)23(30-11-9-29(10-12-30)14(2)3)28-22(16)31-18-7-5-15(26)6-8-19(18)35-24(20)31/h5-6,8,13-14H,4,7,9-12H2,1-3H3. The number of thiazole rings is 1. The molecule has 0 bridgehead atoms. The van der Waals surface area contributed by atoms with Crippen molar-refractivity contribution in [2.45, 2.75) is 33.2 Å². The maximum absolute atomic E-state index is 15.4. The molecule has 4 heterocycles. The van der Waals surface area contributed by atoms with Gasteiger partial charge in [-0.25, -0.2) is 14.2 Å². The highest BCUT2D eigenvalue weighted by molar-refractivity contribution is 7.18. The van der Waals surface area contributed by atoms with E-state index in [1.54, 1.807) is 17.4 Å². The van der Waals surface area contributed by atoms with Gasteiger partial charge in [0.15, 0.2) is 17.3 Å². The van der Waals surface area contributed by atoms with E-state index in [-0.39, 0.29) is 23.4 Å². The number of carbonyl (C=O) groups excluding carboxylic acids is 1. The zero-order valence-electron chi connectivity index (χ0n) is 19.8. The Morgan fingerprint density at radius 1 is 1.26 bits per heavy atom. The van der Waals surface area contributed by atoms with Crippen LogP contribution in [0.15, 0.2) is 28.0 Å². The van der Waals surface area contributed by atoms with Gasteiger partial charge >= 0.3 is 5.97 Å². The third-order valence-corrected chi connectivity index (χ3v) is 7.96. The first-order valence-electron chi connectivity index (χ1n) is 11.7. The Bertz CT molecular complexity index is 1450. The summed E-state index contributed by atoms with van der Waals surface area (Å²) in [7, 11) is 0. The molecular formula is C25H26ClFN4O3S. The van der Waals surface area contributed by atoms with Crippen LogP contribution in [0.2, 0.25) is 0 Å². The number of hydrogen-bond acceptors (Lipinski definition) is 7. The summed E-state index contributed by atoms with van der Waals surface area (Å²) in [6.07, 6.45) is 5.97. The van der Waals surface area contributed by atoms with Gasteiger partial charge in [-0.1, -0.05) is 17.7 Å². The van der Waals surface area contributed by atoms with Gasteiger partial charge in [-0.3, -0.25) is 14.1 Å². The van der Waals surface area contributed by atoms with Gasteiger partial charge in [-0.05, 0) is 39.0 Å². The molecule has 184 valence electrons. The number of carbonyl (C=O) groups is 1. The molecule has 1 aliphatic heterocycles. The van der Waals surface area contributed by atoms with Crippen molar-refractivity contribution in [2.24, 2.45) is 0 Å². The summed E-state index contributed by atoms with van der Waals surface area (Å²) in [5.74, 6) is -1.08. The van der Waals surface area contributed by atoms with Gasteiger partial charge in [0.2, 0.25) is 5.43 Å². The molecule has 3 aromatic rings. The molecule has 1 aliphatic carbocycles. The quantitative estimate of drug-likeness (QED) is 0.477. The van der Waals surface area contributed by atoms with Crippen LogP contribution in [0, 0.1) is 5.82 Å². The summed E-state index contributed by atoms with van der Waals surface area (Å²) < 4.78 is 22.4. The van der Waals surface area contributed by atoms with Crippen LogP contribution in [-0.4, -0.2) is 59.1 Å². The number of fused-ring (bicyclic) bond motifs is 5. The third-order valence-electron chi connectivity index (χ3n) is 6.51. The van der Waals surface area contributed by atoms with Crippen molar-refractivity contribution < 1.29 is 13.9 Å². The van der Waals surface area contributed by atoms with Crippen molar-refractivity contribution in [1.29, 1.82) is 0 Å².